The normalized spacial score (nSPS) is 26.0. The highest BCUT2D eigenvalue weighted by Crippen LogP contribution is 2.43. The third-order valence-electron chi connectivity index (χ3n) is 3.63. The van der Waals surface area contributed by atoms with Crippen molar-refractivity contribution in [2.24, 2.45) is 0 Å². The first kappa shape index (κ1) is 11.9. The van der Waals surface area contributed by atoms with Crippen LogP contribution in [0.15, 0.2) is 41.7 Å². The first-order valence-corrected chi connectivity index (χ1v) is 6.30. The third kappa shape index (κ3) is 1.91. The van der Waals surface area contributed by atoms with Crippen molar-refractivity contribution in [1.82, 2.24) is 0 Å². The van der Waals surface area contributed by atoms with Crippen LogP contribution < -0.4 is 0 Å². The quantitative estimate of drug-likeness (QED) is 0.604. The van der Waals surface area contributed by atoms with Crippen molar-refractivity contribution < 1.29 is 14.5 Å². The summed E-state index contributed by atoms with van der Waals surface area (Å²) in [5.41, 5.74) is 1.28. The molecule has 0 radical (unpaired) electrons. The number of rotatable bonds is 2. The minimum atomic E-state index is -1.17. The zero-order valence-corrected chi connectivity index (χ0v) is 10.2. The molecular formula is C14H13NO4. The van der Waals surface area contributed by atoms with Crippen LogP contribution in [0, 0.1) is 10.1 Å². The molecule has 0 bridgehead atoms. The highest BCUT2D eigenvalue weighted by atomic mass is 16.7. The smallest absolute Gasteiger partial charge is 0.364 e. The molecule has 0 N–H and O–H groups in total. The second kappa shape index (κ2) is 4.50. The van der Waals surface area contributed by atoms with Gasteiger partial charge in [0.2, 0.25) is 0 Å². The standard InChI is InChI=1S/C14H13NO4/c16-10-7-4-8-11-13(10)12(14(19-11)15(17)18)9-5-2-1-3-6-9/h1-3,5-6,12,14H,4,7-8H2/t12-,14+/m0/s1. The van der Waals surface area contributed by atoms with Gasteiger partial charge >= 0.3 is 6.23 Å². The number of hydrogen-bond donors (Lipinski definition) is 0. The fraction of sp³-hybridized carbons (Fsp3) is 0.357. The predicted molar refractivity (Wildman–Crippen MR) is 66.9 cm³/mol. The van der Waals surface area contributed by atoms with Crippen LogP contribution in [-0.2, 0) is 9.53 Å². The minimum absolute atomic E-state index is 0.0144. The maximum atomic E-state index is 12.1. The molecule has 0 amide bonds. The Labute approximate surface area is 110 Å². The Hall–Kier alpha value is -2.17. The van der Waals surface area contributed by atoms with Crippen molar-refractivity contribution in [2.75, 3.05) is 0 Å². The number of nitro groups is 1. The van der Waals surface area contributed by atoms with Gasteiger partial charge < -0.3 is 4.74 Å². The molecule has 1 heterocycles. The summed E-state index contributed by atoms with van der Waals surface area (Å²) >= 11 is 0. The topological polar surface area (TPSA) is 69.4 Å². The van der Waals surface area contributed by atoms with Crippen molar-refractivity contribution in [3.8, 4) is 0 Å². The van der Waals surface area contributed by atoms with Crippen molar-refractivity contribution in [3.63, 3.8) is 0 Å². The summed E-state index contributed by atoms with van der Waals surface area (Å²) in [6.07, 6.45) is 0.614. The van der Waals surface area contributed by atoms with Gasteiger partial charge in [0.15, 0.2) is 5.78 Å². The van der Waals surface area contributed by atoms with E-state index in [9.17, 15) is 14.9 Å². The van der Waals surface area contributed by atoms with Gasteiger partial charge in [-0.25, -0.2) is 0 Å². The van der Waals surface area contributed by atoms with Crippen LogP contribution in [0.3, 0.4) is 0 Å². The molecule has 0 saturated carbocycles. The molecule has 2 atom stereocenters. The summed E-state index contributed by atoms with van der Waals surface area (Å²) in [7, 11) is 0. The molecule has 5 nitrogen and oxygen atoms in total. The zero-order valence-electron chi connectivity index (χ0n) is 10.2. The molecule has 0 fully saturated rings. The minimum Gasteiger partial charge on any atom is -0.433 e. The molecule has 0 aromatic heterocycles. The second-order valence-corrected chi connectivity index (χ2v) is 4.80. The molecule has 0 unspecified atom stereocenters. The van der Waals surface area contributed by atoms with E-state index in [1.165, 1.54) is 0 Å². The van der Waals surface area contributed by atoms with Crippen LogP contribution in [0.2, 0.25) is 0 Å². The van der Waals surface area contributed by atoms with Gasteiger partial charge in [-0.15, -0.1) is 0 Å². The highest BCUT2D eigenvalue weighted by molar-refractivity contribution is 5.98. The number of carbonyl (C=O) groups is 1. The lowest BCUT2D eigenvalue weighted by molar-refractivity contribution is -0.570. The summed E-state index contributed by atoms with van der Waals surface area (Å²) in [5, 5.41) is 11.2. The number of carbonyl (C=O) groups excluding carboxylic acids is 1. The summed E-state index contributed by atoms with van der Waals surface area (Å²) in [6, 6.07) is 9.10. The first-order valence-electron chi connectivity index (χ1n) is 6.30. The molecule has 0 spiro atoms. The van der Waals surface area contributed by atoms with E-state index in [-0.39, 0.29) is 5.78 Å². The van der Waals surface area contributed by atoms with Crippen LogP contribution >= 0.6 is 0 Å². The number of Topliss-reactive ketones (excluding diaryl/α,β-unsaturated/α-hetero) is 1. The van der Waals surface area contributed by atoms with E-state index in [2.05, 4.69) is 0 Å². The van der Waals surface area contributed by atoms with Gasteiger partial charge in [-0.3, -0.25) is 14.9 Å². The van der Waals surface area contributed by atoms with Crippen molar-refractivity contribution in [2.45, 2.75) is 31.4 Å². The number of ketones is 1. The average Bonchev–Trinajstić information content (AvgIpc) is 2.81. The third-order valence-corrected chi connectivity index (χ3v) is 3.63. The second-order valence-electron chi connectivity index (χ2n) is 4.80. The number of ether oxygens (including phenoxy) is 1. The van der Waals surface area contributed by atoms with E-state index in [1.807, 2.05) is 30.3 Å². The monoisotopic (exact) mass is 259 g/mol. The van der Waals surface area contributed by atoms with E-state index >= 15 is 0 Å². The van der Waals surface area contributed by atoms with Gasteiger partial charge in [-0.2, -0.15) is 0 Å². The summed E-state index contributed by atoms with van der Waals surface area (Å²) in [5.74, 6) is -0.0646. The van der Waals surface area contributed by atoms with Gasteiger partial charge in [0.1, 0.15) is 11.7 Å². The molecule has 2 aliphatic rings. The van der Waals surface area contributed by atoms with Crippen LogP contribution in [0.1, 0.15) is 30.7 Å². The Kier molecular flexibility index (Phi) is 2.81. The Balaban J connectivity index is 2.08. The number of hydrogen-bond acceptors (Lipinski definition) is 4. The maximum Gasteiger partial charge on any atom is 0.364 e. The summed E-state index contributed by atoms with van der Waals surface area (Å²) in [6.45, 7) is 0. The van der Waals surface area contributed by atoms with Gasteiger partial charge in [0.25, 0.3) is 0 Å². The fourth-order valence-electron chi connectivity index (χ4n) is 2.82. The summed E-state index contributed by atoms with van der Waals surface area (Å²) in [4.78, 5) is 22.8. The SMILES string of the molecule is O=C1CCCC2=C1[C@H](c1ccccc1)[C@H]([N+](=O)[O-])O2. The molecule has 1 aromatic carbocycles. The van der Waals surface area contributed by atoms with Crippen molar-refractivity contribution in [3.05, 3.63) is 57.3 Å². The van der Waals surface area contributed by atoms with Crippen LogP contribution in [0.5, 0.6) is 0 Å². The van der Waals surface area contributed by atoms with Gasteiger partial charge in [0.05, 0.1) is 10.5 Å². The molecule has 3 rings (SSSR count). The Morgan fingerprint density at radius 3 is 2.63 bits per heavy atom. The molecule has 1 aliphatic heterocycles. The molecular weight excluding hydrogens is 246 g/mol. The zero-order chi connectivity index (χ0) is 13.4. The largest absolute Gasteiger partial charge is 0.433 e. The lowest BCUT2D eigenvalue weighted by Gasteiger charge is -2.15. The van der Waals surface area contributed by atoms with E-state index in [0.717, 1.165) is 5.56 Å². The van der Waals surface area contributed by atoms with Crippen LogP contribution in [0.4, 0.5) is 0 Å². The molecule has 0 saturated heterocycles. The Morgan fingerprint density at radius 1 is 1.21 bits per heavy atom. The number of nitrogens with zero attached hydrogens (tertiary/aromatic N) is 1. The predicted octanol–water partition coefficient (Wildman–Crippen LogP) is 2.41. The molecule has 19 heavy (non-hydrogen) atoms. The molecule has 1 aromatic rings. The molecule has 98 valence electrons. The lowest BCUT2D eigenvalue weighted by atomic mass is 9.84. The highest BCUT2D eigenvalue weighted by Gasteiger charge is 2.48. The van der Waals surface area contributed by atoms with Gasteiger partial charge in [-0.1, -0.05) is 30.3 Å². The maximum absolute atomic E-state index is 12.1. The van der Waals surface area contributed by atoms with E-state index in [1.54, 1.807) is 0 Å². The van der Waals surface area contributed by atoms with E-state index < -0.39 is 17.1 Å². The van der Waals surface area contributed by atoms with Crippen LogP contribution in [0.25, 0.3) is 0 Å². The van der Waals surface area contributed by atoms with E-state index in [0.29, 0.717) is 30.6 Å². The van der Waals surface area contributed by atoms with E-state index in [4.69, 9.17) is 4.74 Å². The van der Waals surface area contributed by atoms with Gasteiger partial charge in [0, 0.05) is 12.8 Å². The van der Waals surface area contributed by atoms with Crippen LogP contribution in [-0.4, -0.2) is 16.9 Å². The first-order chi connectivity index (χ1) is 9.18. The number of allylic oxidation sites excluding steroid dienone is 1. The summed E-state index contributed by atoms with van der Waals surface area (Å²) < 4.78 is 5.42. The van der Waals surface area contributed by atoms with Crippen molar-refractivity contribution in [1.29, 1.82) is 0 Å². The fourth-order valence-corrected chi connectivity index (χ4v) is 2.82. The van der Waals surface area contributed by atoms with Crippen molar-refractivity contribution >= 4 is 5.78 Å². The average molecular weight is 259 g/mol. The van der Waals surface area contributed by atoms with Gasteiger partial charge in [-0.05, 0) is 12.0 Å². The lowest BCUT2D eigenvalue weighted by Crippen LogP contribution is -2.27. The Morgan fingerprint density at radius 2 is 1.95 bits per heavy atom. The Bertz CT molecular complexity index is 564. The number of benzene rings is 1. The molecule has 5 heteroatoms. The molecule has 1 aliphatic carbocycles.